The van der Waals surface area contributed by atoms with Gasteiger partial charge in [0, 0.05) is 31.7 Å². The molecular weight excluding hydrogens is 360 g/mol. The van der Waals surface area contributed by atoms with Gasteiger partial charge in [0.1, 0.15) is 5.65 Å². The zero-order valence-electron chi connectivity index (χ0n) is 15.3. The van der Waals surface area contributed by atoms with Gasteiger partial charge in [-0.1, -0.05) is 30.0 Å². The molecule has 0 saturated carbocycles. The molecule has 1 aromatic carbocycles. The summed E-state index contributed by atoms with van der Waals surface area (Å²) < 4.78 is 8.98. The van der Waals surface area contributed by atoms with E-state index in [0.717, 1.165) is 34.0 Å². The molecule has 0 fully saturated rings. The maximum Gasteiger partial charge on any atom is 0.258 e. The number of nitrogens with zero attached hydrogens (tertiary/aromatic N) is 4. The van der Waals surface area contributed by atoms with Crippen LogP contribution in [0.2, 0.25) is 0 Å². The van der Waals surface area contributed by atoms with Crippen LogP contribution in [0.15, 0.2) is 58.6 Å². The SMILES string of the molecule is COCCn1c(SCc2cc(=O)n3cc(C)ccc3n2)nc2ccccc21. The Morgan fingerprint density at radius 3 is 2.85 bits per heavy atom. The van der Waals surface area contributed by atoms with E-state index in [-0.39, 0.29) is 5.56 Å². The van der Waals surface area contributed by atoms with E-state index in [4.69, 9.17) is 9.72 Å². The van der Waals surface area contributed by atoms with Gasteiger partial charge in [-0.05, 0) is 30.7 Å². The smallest absolute Gasteiger partial charge is 0.258 e. The fourth-order valence-electron chi connectivity index (χ4n) is 3.03. The topological polar surface area (TPSA) is 61.4 Å². The van der Waals surface area contributed by atoms with Gasteiger partial charge in [0.2, 0.25) is 0 Å². The van der Waals surface area contributed by atoms with Crippen molar-refractivity contribution in [2.24, 2.45) is 0 Å². The number of hydrogen-bond donors (Lipinski definition) is 0. The number of thioether (sulfide) groups is 1. The fraction of sp³-hybridized carbons (Fsp3) is 0.250. The Labute approximate surface area is 160 Å². The van der Waals surface area contributed by atoms with Crippen LogP contribution in [0.1, 0.15) is 11.3 Å². The molecule has 0 saturated heterocycles. The normalized spacial score (nSPS) is 11.5. The molecule has 0 bridgehead atoms. The molecular formula is C20H20N4O2S. The van der Waals surface area contributed by atoms with Crippen LogP contribution >= 0.6 is 11.8 Å². The van der Waals surface area contributed by atoms with Gasteiger partial charge in [-0.3, -0.25) is 9.20 Å². The predicted molar refractivity (Wildman–Crippen MR) is 107 cm³/mol. The number of benzene rings is 1. The quantitative estimate of drug-likeness (QED) is 0.480. The lowest BCUT2D eigenvalue weighted by atomic mass is 10.3. The number of imidazole rings is 1. The monoisotopic (exact) mass is 380 g/mol. The van der Waals surface area contributed by atoms with E-state index >= 15 is 0 Å². The Morgan fingerprint density at radius 2 is 2.00 bits per heavy atom. The highest BCUT2D eigenvalue weighted by atomic mass is 32.2. The molecule has 0 N–H and O–H groups in total. The Kier molecular flexibility index (Phi) is 4.96. The molecule has 0 amide bonds. The van der Waals surface area contributed by atoms with Crippen molar-refractivity contribution < 1.29 is 4.74 Å². The van der Waals surface area contributed by atoms with E-state index < -0.39 is 0 Å². The molecule has 4 rings (SSSR count). The van der Waals surface area contributed by atoms with Crippen LogP contribution in [0.4, 0.5) is 0 Å². The van der Waals surface area contributed by atoms with E-state index in [2.05, 4.69) is 15.6 Å². The lowest BCUT2D eigenvalue weighted by Gasteiger charge is -2.08. The molecule has 7 heteroatoms. The summed E-state index contributed by atoms with van der Waals surface area (Å²) in [6.45, 7) is 3.30. The Bertz CT molecular complexity index is 1170. The average molecular weight is 380 g/mol. The van der Waals surface area contributed by atoms with Crippen molar-refractivity contribution in [1.82, 2.24) is 18.9 Å². The summed E-state index contributed by atoms with van der Waals surface area (Å²) in [4.78, 5) is 21.7. The van der Waals surface area contributed by atoms with Crippen LogP contribution in [0.3, 0.4) is 0 Å². The van der Waals surface area contributed by atoms with Crippen LogP contribution in [-0.4, -0.2) is 32.7 Å². The van der Waals surface area contributed by atoms with Gasteiger partial charge in [0.25, 0.3) is 5.56 Å². The van der Waals surface area contributed by atoms with Crippen molar-refractivity contribution in [3.05, 3.63) is 70.3 Å². The van der Waals surface area contributed by atoms with Crippen LogP contribution in [0, 0.1) is 6.92 Å². The minimum absolute atomic E-state index is 0.0628. The molecule has 0 aliphatic heterocycles. The maximum absolute atomic E-state index is 12.4. The first kappa shape index (κ1) is 17.8. The van der Waals surface area contributed by atoms with Gasteiger partial charge in [0.05, 0.1) is 23.3 Å². The van der Waals surface area contributed by atoms with Crippen molar-refractivity contribution in [2.75, 3.05) is 13.7 Å². The van der Waals surface area contributed by atoms with Gasteiger partial charge in [0.15, 0.2) is 5.16 Å². The third-order valence-electron chi connectivity index (χ3n) is 4.35. The average Bonchev–Trinajstić information content (AvgIpc) is 3.03. The van der Waals surface area contributed by atoms with E-state index in [9.17, 15) is 4.79 Å². The molecule has 4 aromatic rings. The number of pyridine rings is 1. The van der Waals surface area contributed by atoms with Gasteiger partial charge < -0.3 is 9.30 Å². The molecule has 27 heavy (non-hydrogen) atoms. The predicted octanol–water partition coefficient (Wildman–Crippen LogP) is 3.29. The molecule has 3 aromatic heterocycles. The highest BCUT2D eigenvalue weighted by molar-refractivity contribution is 7.98. The number of aryl methyl sites for hydroxylation is 1. The second-order valence-corrected chi connectivity index (χ2v) is 7.28. The summed E-state index contributed by atoms with van der Waals surface area (Å²) in [5.74, 6) is 0.579. The number of rotatable bonds is 6. The van der Waals surface area contributed by atoms with Gasteiger partial charge in [-0.2, -0.15) is 0 Å². The number of methoxy groups -OCH3 is 1. The Morgan fingerprint density at radius 1 is 1.15 bits per heavy atom. The lowest BCUT2D eigenvalue weighted by molar-refractivity contribution is 0.186. The number of aromatic nitrogens is 4. The van der Waals surface area contributed by atoms with E-state index in [1.165, 1.54) is 0 Å². The lowest BCUT2D eigenvalue weighted by Crippen LogP contribution is -2.15. The molecule has 0 aliphatic carbocycles. The number of hydrogen-bond acceptors (Lipinski definition) is 5. The van der Waals surface area contributed by atoms with Crippen molar-refractivity contribution in [2.45, 2.75) is 24.4 Å². The summed E-state index contributed by atoms with van der Waals surface area (Å²) >= 11 is 1.58. The standard InChI is InChI=1S/C20H20N4O2S/c1-14-7-8-18-21-15(11-19(25)24(18)12-14)13-27-20-22-16-5-3-4-6-17(16)23(20)9-10-26-2/h3-8,11-12H,9-10,13H2,1-2H3. The molecule has 0 aliphatic rings. The minimum atomic E-state index is -0.0628. The first-order valence-corrected chi connectivity index (χ1v) is 9.70. The van der Waals surface area contributed by atoms with E-state index in [1.807, 2.05) is 43.5 Å². The van der Waals surface area contributed by atoms with Crippen LogP contribution in [0.5, 0.6) is 0 Å². The molecule has 0 unspecified atom stereocenters. The number of fused-ring (bicyclic) bond motifs is 2. The first-order valence-electron chi connectivity index (χ1n) is 8.71. The van der Waals surface area contributed by atoms with Crippen LogP contribution < -0.4 is 5.56 Å². The van der Waals surface area contributed by atoms with E-state index in [0.29, 0.717) is 18.0 Å². The molecule has 0 radical (unpaired) electrons. The second kappa shape index (κ2) is 7.54. The number of ether oxygens (including phenoxy) is 1. The van der Waals surface area contributed by atoms with Crippen molar-refractivity contribution in [3.63, 3.8) is 0 Å². The Hall–Kier alpha value is -2.64. The zero-order chi connectivity index (χ0) is 18.8. The van der Waals surface area contributed by atoms with Gasteiger partial charge in [-0.15, -0.1) is 0 Å². The summed E-state index contributed by atoms with van der Waals surface area (Å²) in [5.41, 5.74) is 4.42. The molecule has 0 spiro atoms. The summed E-state index contributed by atoms with van der Waals surface area (Å²) in [6.07, 6.45) is 1.81. The van der Waals surface area contributed by atoms with Crippen molar-refractivity contribution >= 4 is 28.4 Å². The highest BCUT2D eigenvalue weighted by Gasteiger charge is 2.12. The third-order valence-corrected chi connectivity index (χ3v) is 5.36. The largest absolute Gasteiger partial charge is 0.383 e. The molecule has 3 heterocycles. The fourth-order valence-corrected chi connectivity index (χ4v) is 3.97. The van der Waals surface area contributed by atoms with Crippen LogP contribution in [0.25, 0.3) is 16.7 Å². The third kappa shape index (κ3) is 3.61. The van der Waals surface area contributed by atoms with E-state index in [1.54, 1.807) is 29.3 Å². The minimum Gasteiger partial charge on any atom is -0.383 e. The second-order valence-electron chi connectivity index (χ2n) is 6.34. The van der Waals surface area contributed by atoms with Gasteiger partial charge in [-0.25, -0.2) is 9.97 Å². The summed E-state index contributed by atoms with van der Waals surface area (Å²) in [6, 6.07) is 13.5. The molecule has 6 nitrogen and oxygen atoms in total. The summed E-state index contributed by atoms with van der Waals surface area (Å²) in [5, 5.41) is 0.902. The van der Waals surface area contributed by atoms with Gasteiger partial charge >= 0.3 is 0 Å². The first-order chi connectivity index (χ1) is 13.2. The zero-order valence-corrected chi connectivity index (χ0v) is 16.1. The highest BCUT2D eigenvalue weighted by Crippen LogP contribution is 2.26. The molecule has 138 valence electrons. The molecule has 0 atom stereocenters. The van der Waals surface area contributed by atoms with Crippen LogP contribution in [-0.2, 0) is 17.0 Å². The summed E-state index contributed by atoms with van der Waals surface area (Å²) in [7, 11) is 1.69. The van der Waals surface area contributed by atoms with Crippen molar-refractivity contribution in [1.29, 1.82) is 0 Å². The van der Waals surface area contributed by atoms with Crippen molar-refractivity contribution in [3.8, 4) is 0 Å². The maximum atomic E-state index is 12.4. The number of para-hydroxylation sites is 2. The Balaban J connectivity index is 1.64.